The minimum absolute atomic E-state index is 0.0104. The third kappa shape index (κ3) is 1.91. The Bertz CT molecular complexity index is 85.1. The number of rotatable bonds is 4. The van der Waals surface area contributed by atoms with Gasteiger partial charge in [0, 0.05) is 0 Å². The lowest BCUT2D eigenvalue weighted by atomic mass is 10.9. The van der Waals surface area contributed by atoms with Crippen LogP contribution in [0.2, 0.25) is 0 Å². The molecule has 0 aromatic carbocycles. The average Bonchev–Trinajstić information content (AvgIpc) is 2.57. The van der Waals surface area contributed by atoms with Crippen molar-refractivity contribution in [2.75, 3.05) is 20.0 Å². The molecule has 2 rings (SSSR count). The highest BCUT2D eigenvalue weighted by atomic mass is 16.8. The Kier molecular flexibility index (Phi) is 1.39. The molecular formula is C5H8O4. The second kappa shape index (κ2) is 2.22. The van der Waals surface area contributed by atoms with Crippen LogP contribution in [0.15, 0.2) is 0 Å². The van der Waals surface area contributed by atoms with Gasteiger partial charge in [-0.2, -0.15) is 0 Å². The normalized spacial score (nSPS) is 38.7. The van der Waals surface area contributed by atoms with Crippen molar-refractivity contribution in [1.82, 2.24) is 0 Å². The quantitative estimate of drug-likeness (QED) is 0.388. The van der Waals surface area contributed by atoms with Crippen LogP contribution in [-0.2, 0) is 18.9 Å². The minimum atomic E-state index is -0.0104. The van der Waals surface area contributed by atoms with E-state index >= 15 is 0 Å². The molecule has 0 N–H and O–H groups in total. The van der Waals surface area contributed by atoms with Gasteiger partial charge in [0.2, 0.25) is 0 Å². The Balaban J connectivity index is 1.46. The predicted molar refractivity (Wildman–Crippen MR) is 26.5 cm³/mol. The first kappa shape index (κ1) is 5.61. The van der Waals surface area contributed by atoms with Crippen molar-refractivity contribution in [1.29, 1.82) is 0 Å². The monoisotopic (exact) mass is 132 g/mol. The van der Waals surface area contributed by atoms with E-state index in [1.54, 1.807) is 0 Å². The lowest BCUT2D eigenvalue weighted by molar-refractivity contribution is -0.112. The molecular weight excluding hydrogens is 124 g/mol. The zero-order valence-corrected chi connectivity index (χ0v) is 4.91. The predicted octanol–water partition coefficient (Wildman–Crippen LogP) is -0.310. The highest BCUT2D eigenvalue weighted by Crippen LogP contribution is 2.13. The maximum Gasteiger partial charge on any atom is 0.183 e. The van der Waals surface area contributed by atoms with Gasteiger partial charge >= 0.3 is 0 Å². The van der Waals surface area contributed by atoms with Gasteiger partial charge in [0.1, 0.15) is 13.2 Å². The van der Waals surface area contributed by atoms with Crippen molar-refractivity contribution < 1.29 is 18.9 Å². The standard InChI is InChI=1S/C5H8O4/c1-4(6-1)8-3-9-5-2-7-5/h4-5H,1-3H2. The lowest BCUT2D eigenvalue weighted by Crippen LogP contribution is -2.04. The van der Waals surface area contributed by atoms with Crippen LogP contribution in [0.1, 0.15) is 0 Å². The van der Waals surface area contributed by atoms with Crippen LogP contribution in [0.3, 0.4) is 0 Å². The van der Waals surface area contributed by atoms with E-state index in [0.29, 0.717) is 13.2 Å². The summed E-state index contributed by atoms with van der Waals surface area (Å²) in [6, 6.07) is 0. The summed E-state index contributed by atoms with van der Waals surface area (Å²) < 4.78 is 19.5. The van der Waals surface area contributed by atoms with Crippen molar-refractivity contribution in [2.45, 2.75) is 12.6 Å². The fourth-order valence-electron chi connectivity index (χ4n) is 0.462. The Hall–Kier alpha value is -0.160. The van der Waals surface area contributed by atoms with E-state index in [9.17, 15) is 0 Å². The van der Waals surface area contributed by atoms with E-state index in [1.807, 2.05) is 0 Å². The van der Waals surface area contributed by atoms with E-state index < -0.39 is 0 Å². The van der Waals surface area contributed by atoms with Gasteiger partial charge in [-0.1, -0.05) is 0 Å². The van der Waals surface area contributed by atoms with Crippen LogP contribution in [0, 0.1) is 0 Å². The minimum Gasteiger partial charge on any atom is -0.345 e. The molecule has 2 unspecified atom stereocenters. The molecule has 2 fully saturated rings. The van der Waals surface area contributed by atoms with Gasteiger partial charge in [0.05, 0.1) is 0 Å². The zero-order chi connectivity index (χ0) is 6.10. The molecule has 0 spiro atoms. The fraction of sp³-hybridized carbons (Fsp3) is 1.00. The SMILES string of the molecule is C(OC1CO1)OC1CO1. The molecule has 9 heavy (non-hydrogen) atoms. The molecule has 0 bridgehead atoms. The van der Waals surface area contributed by atoms with Crippen molar-refractivity contribution >= 4 is 0 Å². The summed E-state index contributed by atoms with van der Waals surface area (Å²) in [5.74, 6) is 0. The smallest absolute Gasteiger partial charge is 0.183 e. The Labute approximate surface area is 52.6 Å². The van der Waals surface area contributed by atoms with Gasteiger partial charge in [-0.15, -0.1) is 0 Å². The van der Waals surface area contributed by atoms with Crippen LogP contribution in [-0.4, -0.2) is 32.6 Å². The highest BCUT2D eigenvalue weighted by molar-refractivity contribution is 4.55. The van der Waals surface area contributed by atoms with Gasteiger partial charge in [-0.25, -0.2) is 0 Å². The molecule has 4 heteroatoms. The van der Waals surface area contributed by atoms with Crippen molar-refractivity contribution in [3.63, 3.8) is 0 Å². The second-order valence-corrected chi connectivity index (χ2v) is 1.98. The molecule has 0 saturated carbocycles. The lowest BCUT2D eigenvalue weighted by Gasteiger charge is -1.97. The molecule has 2 saturated heterocycles. The third-order valence-corrected chi connectivity index (χ3v) is 1.11. The summed E-state index contributed by atoms with van der Waals surface area (Å²) in [5.41, 5.74) is 0. The topological polar surface area (TPSA) is 43.5 Å². The van der Waals surface area contributed by atoms with E-state index in [2.05, 4.69) is 0 Å². The van der Waals surface area contributed by atoms with Crippen LogP contribution in [0.5, 0.6) is 0 Å². The second-order valence-electron chi connectivity index (χ2n) is 1.98. The molecule has 4 nitrogen and oxygen atoms in total. The Morgan fingerprint density at radius 1 is 1.11 bits per heavy atom. The number of hydrogen-bond acceptors (Lipinski definition) is 4. The van der Waals surface area contributed by atoms with E-state index in [0.717, 1.165) is 0 Å². The molecule has 0 aliphatic carbocycles. The molecule has 0 aromatic heterocycles. The molecule has 2 atom stereocenters. The van der Waals surface area contributed by atoms with Gasteiger partial charge in [-0.3, -0.25) is 0 Å². The molecule has 2 aliphatic rings. The number of ether oxygens (including phenoxy) is 4. The van der Waals surface area contributed by atoms with Gasteiger partial charge in [-0.05, 0) is 0 Å². The van der Waals surface area contributed by atoms with E-state index in [4.69, 9.17) is 18.9 Å². The van der Waals surface area contributed by atoms with Gasteiger partial charge in [0.25, 0.3) is 0 Å². The largest absolute Gasteiger partial charge is 0.345 e. The molecule has 2 heterocycles. The third-order valence-electron chi connectivity index (χ3n) is 1.11. The Morgan fingerprint density at radius 2 is 1.56 bits per heavy atom. The first-order valence-electron chi connectivity index (χ1n) is 2.91. The summed E-state index contributed by atoms with van der Waals surface area (Å²) >= 11 is 0. The summed E-state index contributed by atoms with van der Waals surface area (Å²) in [6.45, 7) is 1.69. The highest BCUT2D eigenvalue weighted by Gasteiger charge is 2.26. The van der Waals surface area contributed by atoms with E-state index in [-0.39, 0.29) is 19.4 Å². The molecule has 52 valence electrons. The molecule has 0 aromatic rings. The van der Waals surface area contributed by atoms with Crippen LogP contribution >= 0.6 is 0 Å². The van der Waals surface area contributed by atoms with Gasteiger partial charge in [0.15, 0.2) is 19.4 Å². The first-order valence-corrected chi connectivity index (χ1v) is 2.91. The van der Waals surface area contributed by atoms with Crippen LogP contribution < -0.4 is 0 Å². The van der Waals surface area contributed by atoms with Gasteiger partial charge < -0.3 is 18.9 Å². The Morgan fingerprint density at radius 3 is 1.89 bits per heavy atom. The maximum atomic E-state index is 4.98. The van der Waals surface area contributed by atoms with Crippen LogP contribution in [0.25, 0.3) is 0 Å². The van der Waals surface area contributed by atoms with E-state index in [1.165, 1.54) is 0 Å². The zero-order valence-electron chi connectivity index (χ0n) is 4.91. The number of epoxide rings is 2. The van der Waals surface area contributed by atoms with Crippen molar-refractivity contribution in [2.24, 2.45) is 0 Å². The molecule has 2 aliphatic heterocycles. The average molecular weight is 132 g/mol. The molecule has 0 radical (unpaired) electrons. The summed E-state index contributed by atoms with van der Waals surface area (Å²) in [5, 5.41) is 0. The first-order chi connectivity index (χ1) is 4.45. The number of hydrogen-bond donors (Lipinski definition) is 0. The summed E-state index contributed by atoms with van der Waals surface area (Å²) in [7, 11) is 0. The maximum absolute atomic E-state index is 4.98. The summed E-state index contributed by atoms with van der Waals surface area (Å²) in [6.07, 6.45) is -0.0208. The summed E-state index contributed by atoms with van der Waals surface area (Å²) in [4.78, 5) is 0. The fourth-order valence-corrected chi connectivity index (χ4v) is 0.462. The van der Waals surface area contributed by atoms with Crippen LogP contribution in [0.4, 0.5) is 0 Å². The van der Waals surface area contributed by atoms with Crippen molar-refractivity contribution in [3.05, 3.63) is 0 Å². The van der Waals surface area contributed by atoms with Crippen molar-refractivity contribution in [3.8, 4) is 0 Å². The molecule has 0 amide bonds.